The second-order valence-corrected chi connectivity index (χ2v) is 6.90. The molecule has 2 aromatic carbocycles. The number of aromatic nitrogens is 2. The van der Waals surface area contributed by atoms with Gasteiger partial charge in [0.05, 0.1) is 17.7 Å². The number of benzene rings is 2. The summed E-state index contributed by atoms with van der Waals surface area (Å²) >= 11 is 5.94. The quantitative estimate of drug-likeness (QED) is 0.333. The maximum atomic E-state index is 12.2. The molecule has 0 aliphatic carbocycles. The van der Waals surface area contributed by atoms with Crippen LogP contribution in [0.3, 0.4) is 0 Å². The Labute approximate surface area is 191 Å². The third-order valence-electron chi connectivity index (χ3n) is 4.20. The number of hydrogen-bond acceptors (Lipinski definition) is 8. The molecule has 0 fully saturated rings. The van der Waals surface area contributed by atoms with E-state index in [1.54, 1.807) is 48.5 Å². The van der Waals surface area contributed by atoms with Crippen LogP contribution in [0, 0.1) is 10.1 Å². The van der Waals surface area contributed by atoms with Gasteiger partial charge in [-0.15, -0.1) is 0 Å². The Kier molecular flexibility index (Phi) is 7.26. The number of H-pyrrole nitrogens is 1. The monoisotopic (exact) mass is 472 g/mol. The van der Waals surface area contributed by atoms with Crippen LogP contribution < -0.4 is 20.3 Å². The number of anilines is 1. The van der Waals surface area contributed by atoms with E-state index in [4.69, 9.17) is 21.1 Å². The van der Waals surface area contributed by atoms with Gasteiger partial charge in [-0.2, -0.15) is 4.98 Å². The first-order chi connectivity index (χ1) is 15.8. The summed E-state index contributed by atoms with van der Waals surface area (Å²) < 4.78 is 10.6. The number of hydrogen-bond donors (Lipinski definition) is 3. The molecule has 12 heteroatoms. The predicted molar refractivity (Wildman–Crippen MR) is 121 cm³/mol. The molecular weight excluding hydrogens is 456 g/mol. The van der Waals surface area contributed by atoms with Gasteiger partial charge in [0, 0.05) is 5.02 Å². The van der Waals surface area contributed by atoms with Crippen molar-refractivity contribution in [2.45, 2.75) is 0 Å². The number of nitrogens with one attached hydrogen (secondary N) is 2. The Morgan fingerprint density at radius 2 is 2.00 bits per heavy atom. The van der Waals surface area contributed by atoms with E-state index >= 15 is 0 Å². The van der Waals surface area contributed by atoms with Gasteiger partial charge >= 0.3 is 11.2 Å². The van der Waals surface area contributed by atoms with Crippen LogP contribution in [-0.4, -0.2) is 39.6 Å². The first kappa shape index (κ1) is 23.3. The minimum atomic E-state index is -1.07. The average molecular weight is 473 g/mol. The molecule has 33 heavy (non-hydrogen) atoms. The van der Waals surface area contributed by atoms with Crippen LogP contribution in [0.25, 0.3) is 12.2 Å². The Bertz CT molecular complexity index is 1270. The Hall–Kier alpha value is -4.38. The van der Waals surface area contributed by atoms with Crippen molar-refractivity contribution >= 4 is 41.0 Å². The van der Waals surface area contributed by atoms with Crippen LogP contribution in [0.5, 0.6) is 17.4 Å². The molecule has 0 saturated carbocycles. The van der Waals surface area contributed by atoms with Crippen molar-refractivity contribution in [3.63, 3.8) is 0 Å². The molecule has 0 radical (unpaired) electrons. The number of aromatic amines is 1. The number of nitrogens with zero attached hydrogens (tertiary/aromatic N) is 2. The second kappa shape index (κ2) is 10.3. The number of carbonyl (C=O) groups excluding carboxylic acids is 1. The standard InChI is InChI=1S/C21H17ClN4O7/c1-32-16-8-5-13(22)10-15(16)23-18(27)11-33-14-6-2-12(3-7-14)4-9-17-24-20(28)19(26(30)31)21(29)25-17/h2-10H,11H2,1H3,(H,23,27)(H2,24,25,28,29). The van der Waals surface area contributed by atoms with Gasteiger partial charge in [0.25, 0.3) is 11.8 Å². The number of ether oxygens (including phenoxy) is 2. The molecule has 0 aliphatic heterocycles. The summed E-state index contributed by atoms with van der Waals surface area (Å²) in [6.45, 7) is -0.252. The summed E-state index contributed by atoms with van der Waals surface area (Å²) in [6.07, 6.45) is 2.93. The van der Waals surface area contributed by atoms with Crippen LogP contribution in [0.4, 0.5) is 11.4 Å². The molecule has 1 amide bonds. The lowest BCUT2D eigenvalue weighted by Gasteiger charge is -2.11. The number of rotatable bonds is 8. The molecule has 0 saturated heterocycles. The molecule has 170 valence electrons. The van der Waals surface area contributed by atoms with E-state index in [0.29, 0.717) is 27.8 Å². The predicted octanol–water partition coefficient (Wildman–Crippen LogP) is 3.23. The van der Waals surface area contributed by atoms with Gasteiger partial charge < -0.3 is 24.9 Å². The van der Waals surface area contributed by atoms with Crippen LogP contribution in [0.2, 0.25) is 5.02 Å². The highest BCUT2D eigenvalue weighted by atomic mass is 35.5. The molecule has 3 N–H and O–H groups in total. The molecular formula is C21H17ClN4O7. The number of nitro groups is 1. The summed E-state index contributed by atoms with van der Waals surface area (Å²) in [4.78, 5) is 39.3. The van der Waals surface area contributed by atoms with Crippen molar-refractivity contribution in [2.24, 2.45) is 0 Å². The van der Waals surface area contributed by atoms with Crippen molar-refractivity contribution in [1.82, 2.24) is 9.97 Å². The Morgan fingerprint density at radius 1 is 1.27 bits per heavy atom. The highest BCUT2D eigenvalue weighted by molar-refractivity contribution is 6.31. The lowest BCUT2D eigenvalue weighted by molar-refractivity contribution is -0.387. The van der Waals surface area contributed by atoms with Gasteiger partial charge in [-0.25, -0.2) is 0 Å². The lowest BCUT2D eigenvalue weighted by Crippen LogP contribution is -2.20. The van der Waals surface area contributed by atoms with Crippen molar-refractivity contribution in [3.8, 4) is 17.4 Å². The SMILES string of the molecule is COc1ccc(Cl)cc1NC(=O)COc1ccc(C=Cc2nc(O)c([N+](=O)[O-])c(=O)[nH]2)cc1. The highest BCUT2D eigenvalue weighted by Crippen LogP contribution is 2.27. The Balaban J connectivity index is 1.60. The fraction of sp³-hybridized carbons (Fsp3) is 0.0952. The first-order valence-corrected chi connectivity index (χ1v) is 9.66. The number of halogens is 1. The van der Waals surface area contributed by atoms with Gasteiger partial charge in [-0.1, -0.05) is 29.8 Å². The summed E-state index contributed by atoms with van der Waals surface area (Å²) in [5, 5.41) is 23.4. The maximum Gasteiger partial charge on any atom is 0.395 e. The van der Waals surface area contributed by atoms with E-state index in [0.717, 1.165) is 0 Å². The summed E-state index contributed by atoms with van der Waals surface area (Å²) in [7, 11) is 1.48. The molecule has 0 spiro atoms. The third-order valence-corrected chi connectivity index (χ3v) is 4.43. The molecule has 0 bridgehead atoms. The van der Waals surface area contributed by atoms with Crippen LogP contribution in [0.1, 0.15) is 11.4 Å². The number of carbonyl (C=O) groups is 1. The molecule has 11 nitrogen and oxygen atoms in total. The van der Waals surface area contributed by atoms with E-state index in [1.165, 1.54) is 13.2 Å². The summed E-state index contributed by atoms with van der Waals surface area (Å²) in [5.41, 5.74) is -0.991. The van der Waals surface area contributed by atoms with Gasteiger partial charge in [-0.05, 0) is 42.0 Å². The molecule has 0 atom stereocenters. The molecule has 1 aromatic heterocycles. The molecule has 1 heterocycles. The van der Waals surface area contributed by atoms with Crippen molar-refractivity contribution in [1.29, 1.82) is 0 Å². The zero-order valence-corrected chi connectivity index (χ0v) is 17.8. The van der Waals surface area contributed by atoms with E-state index in [1.807, 2.05) is 0 Å². The van der Waals surface area contributed by atoms with Crippen LogP contribution in [0.15, 0.2) is 47.3 Å². The topological polar surface area (TPSA) is 157 Å². The van der Waals surface area contributed by atoms with Crippen LogP contribution >= 0.6 is 11.6 Å². The summed E-state index contributed by atoms with van der Waals surface area (Å²) in [6, 6.07) is 11.4. The van der Waals surface area contributed by atoms with Gasteiger partial charge in [0.15, 0.2) is 6.61 Å². The third kappa shape index (κ3) is 6.08. The zero-order chi connectivity index (χ0) is 24.0. The van der Waals surface area contributed by atoms with Gasteiger partial charge in [0.1, 0.15) is 17.3 Å². The molecule has 3 aromatic rings. The molecule has 3 rings (SSSR count). The number of methoxy groups -OCH3 is 1. The smallest absolute Gasteiger partial charge is 0.395 e. The lowest BCUT2D eigenvalue weighted by atomic mass is 10.2. The average Bonchev–Trinajstić information content (AvgIpc) is 2.76. The minimum absolute atomic E-state index is 0.0588. The van der Waals surface area contributed by atoms with E-state index in [2.05, 4.69) is 15.3 Å². The van der Waals surface area contributed by atoms with Crippen LogP contribution in [-0.2, 0) is 4.79 Å². The number of aromatic hydroxyl groups is 1. The normalized spacial score (nSPS) is 10.7. The molecule has 0 aliphatic rings. The fourth-order valence-corrected chi connectivity index (χ4v) is 2.85. The van der Waals surface area contributed by atoms with Crippen molar-refractivity contribution in [2.75, 3.05) is 19.0 Å². The van der Waals surface area contributed by atoms with Gasteiger partial charge in [-0.3, -0.25) is 19.7 Å². The van der Waals surface area contributed by atoms with E-state index in [9.17, 15) is 24.8 Å². The highest BCUT2D eigenvalue weighted by Gasteiger charge is 2.21. The van der Waals surface area contributed by atoms with Gasteiger partial charge in [0.2, 0.25) is 0 Å². The fourth-order valence-electron chi connectivity index (χ4n) is 2.68. The largest absolute Gasteiger partial charge is 0.495 e. The minimum Gasteiger partial charge on any atom is -0.495 e. The summed E-state index contributed by atoms with van der Waals surface area (Å²) in [5.74, 6) is -0.550. The zero-order valence-electron chi connectivity index (χ0n) is 17.1. The van der Waals surface area contributed by atoms with Crippen molar-refractivity contribution < 1.29 is 24.3 Å². The van der Waals surface area contributed by atoms with E-state index < -0.39 is 28.0 Å². The van der Waals surface area contributed by atoms with E-state index in [-0.39, 0.29) is 12.4 Å². The first-order valence-electron chi connectivity index (χ1n) is 9.29. The molecule has 0 unspecified atom stereocenters. The van der Waals surface area contributed by atoms with Crippen molar-refractivity contribution in [3.05, 3.63) is 79.3 Å². The Morgan fingerprint density at radius 3 is 2.64 bits per heavy atom. The second-order valence-electron chi connectivity index (χ2n) is 6.46. The maximum absolute atomic E-state index is 12.2. The number of amides is 1.